The summed E-state index contributed by atoms with van der Waals surface area (Å²) >= 11 is 5.88. The van der Waals surface area contributed by atoms with Crippen LogP contribution in [0.15, 0.2) is 60.3 Å². The lowest BCUT2D eigenvalue weighted by molar-refractivity contribution is -0.112. The third-order valence-corrected chi connectivity index (χ3v) is 3.23. The number of nitrogens with one attached hydrogen (secondary N) is 2. The standard InChI is InChI=1S/C18H16ClN3O2/c1-2-24-17-8-6-15(7-9-17)22-18(23)13(11-20)12-21-16-5-3-4-14(19)10-16/h3-10,12,21H,2H2,1H3,(H,22,23)/b13-12-. The first-order chi connectivity index (χ1) is 11.6. The Kier molecular flexibility index (Phi) is 6.23. The number of hydrogen-bond acceptors (Lipinski definition) is 4. The molecule has 5 nitrogen and oxygen atoms in total. The predicted octanol–water partition coefficient (Wildman–Crippen LogP) is 4.20. The summed E-state index contributed by atoms with van der Waals surface area (Å²) in [5, 5.41) is 15.3. The van der Waals surface area contributed by atoms with Gasteiger partial charge in [0.25, 0.3) is 5.91 Å². The monoisotopic (exact) mass is 341 g/mol. The van der Waals surface area contributed by atoms with Crippen molar-refractivity contribution in [2.75, 3.05) is 17.2 Å². The van der Waals surface area contributed by atoms with E-state index in [2.05, 4.69) is 10.6 Å². The van der Waals surface area contributed by atoms with E-state index < -0.39 is 5.91 Å². The minimum Gasteiger partial charge on any atom is -0.494 e. The van der Waals surface area contributed by atoms with E-state index >= 15 is 0 Å². The highest BCUT2D eigenvalue weighted by molar-refractivity contribution is 6.30. The second-order valence-electron chi connectivity index (χ2n) is 4.74. The summed E-state index contributed by atoms with van der Waals surface area (Å²) in [6, 6.07) is 15.8. The minimum atomic E-state index is -0.504. The van der Waals surface area contributed by atoms with E-state index in [9.17, 15) is 4.79 Å². The Hall–Kier alpha value is -2.97. The molecule has 6 heteroatoms. The summed E-state index contributed by atoms with van der Waals surface area (Å²) < 4.78 is 5.33. The summed E-state index contributed by atoms with van der Waals surface area (Å²) in [5.41, 5.74) is 1.21. The van der Waals surface area contributed by atoms with Crippen molar-refractivity contribution in [3.63, 3.8) is 0 Å². The molecular formula is C18H16ClN3O2. The van der Waals surface area contributed by atoms with Crippen LogP contribution in [0, 0.1) is 11.3 Å². The zero-order valence-electron chi connectivity index (χ0n) is 13.0. The summed E-state index contributed by atoms with van der Waals surface area (Å²) in [6.45, 7) is 2.47. The number of carbonyl (C=O) groups is 1. The average Bonchev–Trinajstić information content (AvgIpc) is 2.57. The Balaban J connectivity index is 2.03. The molecule has 2 rings (SSSR count). The topological polar surface area (TPSA) is 74.1 Å². The quantitative estimate of drug-likeness (QED) is 0.610. The lowest BCUT2D eigenvalue weighted by Crippen LogP contribution is -2.14. The summed E-state index contributed by atoms with van der Waals surface area (Å²) in [4.78, 5) is 12.1. The van der Waals surface area contributed by atoms with Crippen LogP contribution < -0.4 is 15.4 Å². The molecule has 0 bridgehead atoms. The number of benzene rings is 2. The van der Waals surface area contributed by atoms with Crippen LogP contribution in [-0.4, -0.2) is 12.5 Å². The number of anilines is 2. The van der Waals surface area contributed by atoms with E-state index in [1.54, 1.807) is 48.5 Å². The van der Waals surface area contributed by atoms with Crippen molar-refractivity contribution in [2.24, 2.45) is 0 Å². The fourth-order valence-corrected chi connectivity index (χ4v) is 2.07. The molecule has 0 unspecified atom stereocenters. The van der Waals surface area contributed by atoms with Gasteiger partial charge in [-0.05, 0) is 49.4 Å². The Bertz CT molecular complexity index is 780. The van der Waals surface area contributed by atoms with E-state index in [1.807, 2.05) is 13.0 Å². The first-order valence-corrected chi connectivity index (χ1v) is 7.66. The molecule has 0 aliphatic heterocycles. The van der Waals surface area contributed by atoms with Gasteiger partial charge in [-0.15, -0.1) is 0 Å². The molecule has 2 aromatic carbocycles. The molecule has 122 valence electrons. The first-order valence-electron chi connectivity index (χ1n) is 7.29. The fourth-order valence-electron chi connectivity index (χ4n) is 1.88. The van der Waals surface area contributed by atoms with E-state index in [-0.39, 0.29) is 5.57 Å². The highest BCUT2D eigenvalue weighted by Gasteiger charge is 2.09. The highest BCUT2D eigenvalue weighted by Crippen LogP contribution is 2.17. The fraction of sp³-hybridized carbons (Fsp3) is 0.111. The summed E-state index contributed by atoms with van der Waals surface area (Å²) in [5.74, 6) is 0.213. The normalized spacial score (nSPS) is 10.6. The number of carbonyl (C=O) groups excluding carboxylic acids is 1. The van der Waals surface area contributed by atoms with Gasteiger partial charge in [0.05, 0.1) is 6.61 Å². The van der Waals surface area contributed by atoms with Crippen LogP contribution in [0.25, 0.3) is 0 Å². The van der Waals surface area contributed by atoms with E-state index in [4.69, 9.17) is 21.6 Å². The van der Waals surface area contributed by atoms with Crippen molar-refractivity contribution in [1.29, 1.82) is 5.26 Å². The number of amides is 1. The molecule has 0 atom stereocenters. The van der Waals surface area contributed by atoms with Gasteiger partial charge in [-0.3, -0.25) is 4.79 Å². The maximum Gasteiger partial charge on any atom is 0.267 e. The maximum atomic E-state index is 12.1. The van der Waals surface area contributed by atoms with Gasteiger partial charge in [-0.2, -0.15) is 5.26 Å². The SMILES string of the molecule is CCOc1ccc(NC(=O)/C(C#N)=C\Nc2cccc(Cl)c2)cc1. The predicted molar refractivity (Wildman–Crippen MR) is 95.0 cm³/mol. The molecule has 0 saturated heterocycles. The lowest BCUT2D eigenvalue weighted by Gasteiger charge is -2.07. The molecular weight excluding hydrogens is 326 g/mol. The molecule has 2 aromatic rings. The highest BCUT2D eigenvalue weighted by atomic mass is 35.5. The second kappa shape index (κ2) is 8.61. The zero-order chi connectivity index (χ0) is 17.4. The average molecular weight is 342 g/mol. The smallest absolute Gasteiger partial charge is 0.267 e. The molecule has 24 heavy (non-hydrogen) atoms. The number of hydrogen-bond donors (Lipinski definition) is 2. The summed E-state index contributed by atoms with van der Waals surface area (Å²) in [7, 11) is 0. The van der Waals surface area contributed by atoms with Crippen molar-refractivity contribution in [3.05, 3.63) is 65.3 Å². The van der Waals surface area contributed by atoms with Gasteiger partial charge >= 0.3 is 0 Å². The number of rotatable bonds is 6. The van der Waals surface area contributed by atoms with Crippen molar-refractivity contribution >= 4 is 28.9 Å². The van der Waals surface area contributed by atoms with Gasteiger partial charge in [0.15, 0.2) is 0 Å². The number of halogens is 1. The van der Waals surface area contributed by atoms with Crippen LogP contribution >= 0.6 is 11.6 Å². The van der Waals surface area contributed by atoms with Crippen LogP contribution in [0.4, 0.5) is 11.4 Å². The van der Waals surface area contributed by atoms with E-state index in [0.717, 1.165) is 0 Å². The molecule has 2 N–H and O–H groups in total. The third-order valence-electron chi connectivity index (χ3n) is 3.00. The number of nitrogens with zero attached hydrogens (tertiary/aromatic N) is 1. The van der Waals surface area contributed by atoms with Crippen LogP contribution in [0.2, 0.25) is 5.02 Å². The molecule has 0 fully saturated rings. The maximum absolute atomic E-state index is 12.1. The van der Waals surface area contributed by atoms with Crippen LogP contribution in [0.1, 0.15) is 6.92 Å². The van der Waals surface area contributed by atoms with Crippen LogP contribution in [0.3, 0.4) is 0 Å². The second-order valence-corrected chi connectivity index (χ2v) is 5.17. The molecule has 1 amide bonds. The molecule has 0 saturated carbocycles. The van der Waals surface area contributed by atoms with Crippen LogP contribution in [-0.2, 0) is 4.79 Å². The van der Waals surface area contributed by atoms with E-state index in [1.165, 1.54) is 6.20 Å². The van der Waals surface area contributed by atoms with Crippen molar-refractivity contribution < 1.29 is 9.53 Å². The Morgan fingerprint density at radius 1 is 1.25 bits per heavy atom. The van der Waals surface area contributed by atoms with Gasteiger partial charge < -0.3 is 15.4 Å². The molecule has 0 spiro atoms. The molecule has 0 aromatic heterocycles. The van der Waals surface area contributed by atoms with Gasteiger partial charge in [-0.1, -0.05) is 17.7 Å². The number of ether oxygens (including phenoxy) is 1. The van der Waals surface area contributed by atoms with Crippen molar-refractivity contribution in [2.45, 2.75) is 6.92 Å². The largest absolute Gasteiger partial charge is 0.494 e. The van der Waals surface area contributed by atoms with Gasteiger partial charge in [0, 0.05) is 22.6 Å². The van der Waals surface area contributed by atoms with Gasteiger partial charge in [0.2, 0.25) is 0 Å². The first kappa shape index (κ1) is 17.4. The Morgan fingerprint density at radius 3 is 2.62 bits per heavy atom. The lowest BCUT2D eigenvalue weighted by atomic mass is 10.2. The van der Waals surface area contributed by atoms with Crippen molar-refractivity contribution in [1.82, 2.24) is 0 Å². The Morgan fingerprint density at radius 2 is 2.00 bits per heavy atom. The van der Waals surface area contributed by atoms with Crippen LogP contribution in [0.5, 0.6) is 5.75 Å². The zero-order valence-corrected chi connectivity index (χ0v) is 13.8. The van der Waals surface area contributed by atoms with E-state index in [0.29, 0.717) is 28.8 Å². The van der Waals surface area contributed by atoms with Gasteiger partial charge in [-0.25, -0.2) is 0 Å². The molecule has 0 aliphatic rings. The molecule has 0 aliphatic carbocycles. The molecule has 0 heterocycles. The molecule has 0 radical (unpaired) electrons. The van der Waals surface area contributed by atoms with Gasteiger partial charge in [0.1, 0.15) is 17.4 Å². The third kappa shape index (κ3) is 5.04. The van der Waals surface area contributed by atoms with Crippen molar-refractivity contribution in [3.8, 4) is 11.8 Å². The number of nitriles is 1. The summed E-state index contributed by atoms with van der Waals surface area (Å²) in [6.07, 6.45) is 1.34. The minimum absolute atomic E-state index is 0.0520. The Labute approximate surface area is 145 Å².